The van der Waals surface area contributed by atoms with Crippen molar-refractivity contribution >= 4 is 50.7 Å². The summed E-state index contributed by atoms with van der Waals surface area (Å²) < 4.78 is 13.9. The largest absolute Gasteiger partial charge is 0.386 e. The van der Waals surface area contributed by atoms with E-state index in [4.69, 9.17) is 28.9 Å². The van der Waals surface area contributed by atoms with E-state index in [0.29, 0.717) is 4.47 Å². The molecule has 0 aromatic heterocycles. The van der Waals surface area contributed by atoms with Crippen LogP contribution in [-0.2, 0) is 0 Å². The van der Waals surface area contributed by atoms with Crippen molar-refractivity contribution in [1.82, 2.24) is 0 Å². The lowest BCUT2D eigenvalue weighted by Gasteiger charge is -2.01. The summed E-state index contributed by atoms with van der Waals surface area (Å²) in [5.41, 5.74) is 5.44. The van der Waals surface area contributed by atoms with E-state index in [-0.39, 0.29) is 22.4 Å². The number of rotatable bonds is 2. The summed E-state index contributed by atoms with van der Waals surface area (Å²) in [4.78, 5) is 3.77. The van der Waals surface area contributed by atoms with Crippen molar-refractivity contribution in [3.63, 3.8) is 0 Å². The van der Waals surface area contributed by atoms with Gasteiger partial charge in [0.15, 0.2) is 5.82 Å². The molecule has 0 saturated carbocycles. The summed E-state index contributed by atoms with van der Waals surface area (Å²) in [6.07, 6.45) is 0. The van der Waals surface area contributed by atoms with Gasteiger partial charge in [0.05, 0.1) is 10.9 Å². The molecule has 2 nitrogen and oxygen atoms in total. The summed E-state index contributed by atoms with van der Waals surface area (Å²) in [5.74, 6) is -0.425. The minimum atomic E-state index is -0.608. The first-order chi connectivity index (χ1) is 6.54. The molecule has 0 atom stereocenters. The Morgan fingerprint density at radius 2 is 2.21 bits per heavy atom. The molecule has 0 saturated heterocycles. The van der Waals surface area contributed by atoms with Crippen LogP contribution >= 0.6 is 39.1 Å². The number of halogens is 4. The van der Waals surface area contributed by atoms with Crippen LogP contribution in [0.5, 0.6) is 0 Å². The second-order valence-electron chi connectivity index (χ2n) is 2.46. The number of nitrogens with two attached hydrogens (primary N) is 1. The molecule has 0 radical (unpaired) electrons. The van der Waals surface area contributed by atoms with Crippen LogP contribution in [0.3, 0.4) is 0 Å². The fourth-order valence-corrected chi connectivity index (χ4v) is 1.66. The Labute approximate surface area is 99.0 Å². The molecule has 0 spiro atoms. The van der Waals surface area contributed by atoms with Crippen molar-refractivity contribution in [3.05, 3.63) is 27.4 Å². The van der Waals surface area contributed by atoms with Gasteiger partial charge in [-0.2, -0.15) is 0 Å². The molecular formula is C8H6BrCl2FN2. The maximum absolute atomic E-state index is 13.3. The van der Waals surface area contributed by atoms with E-state index in [0.717, 1.165) is 0 Å². The average Bonchev–Trinajstić information content (AvgIpc) is 2.13. The van der Waals surface area contributed by atoms with Crippen LogP contribution in [0.15, 0.2) is 21.6 Å². The number of aliphatic imine (C=N–C) groups is 1. The molecule has 76 valence electrons. The lowest BCUT2D eigenvalue weighted by molar-refractivity contribution is 0.630. The summed E-state index contributed by atoms with van der Waals surface area (Å²) in [6, 6.07) is 2.91. The van der Waals surface area contributed by atoms with Crippen LogP contribution in [0.4, 0.5) is 10.1 Å². The maximum Gasteiger partial charge on any atom is 0.167 e. The van der Waals surface area contributed by atoms with Crippen molar-refractivity contribution < 1.29 is 4.39 Å². The molecule has 0 aliphatic carbocycles. The van der Waals surface area contributed by atoms with Crippen molar-refractivity contribution in [2.24, 2.45) is 10.7 Å². The van der Waals surface area contributed by atoms with Crippen molar-refractivity contribution in [2.75, 3.05) is 5.88 Å². The summed E-state index contributed by atoms with van der Waals surface area (Å²) in [5, 5.41) is -0.0134. The third-order valence-corrected chi connectivity index (χ3v) is 2.38. The lowest BCUT2D eigenvalue weighted by Crippen LogP contribution is -2.12. The standard InChI is InChI=1S/C8H6BrCl2FN2/c9-4-1-5(11)8(12)6(2-4)14-7(13)3-10/h1-2H,3H2,(H2,13,14). The first kappa shape index (κ1) is 11.8. The molecule has 1 rings (SSSR count). The van der Waals surface area contributed by atoms with Gasteiger partial charge in [0, 0.05) is 4.47 Å². The molecule has 1 aromatic rings. The highest BCUT2D eigenvalue weighted by Gasteiger charge is 2.07. The molecule has 1 aromatic carbocycles. The van der Waals surface area contributed by atoms with E-state index >= 15 is 0 Å². The van der Waals surface area contributed by atoms with E-state index in [9.17, 15) is 4.39 Å². The Balaban J connectivity index is 3.21. The first-order valence-corrected chi connectivity index (χ1v) is 5.28. The SMILES string of the molecule is NC(CCl)=Nc1cc(Br)cc(Cl)c1F. The number of hydrogen-bond donors (Lipinski definition) is 1. The Morgan fingerprint density at radius 1 is 1.57 bits per heavy atom. The van der Waals surface area contributed by atoms with Gasteiger partial charge in [0.25, 0.3) is 0 Å². The van der Waals surface area contributed by atoms with Gasteiger partial charge in [-0.15, -0.1) is 11.6 Å². The number of benzene rings is 1. The van der Waals surface area contributed by atoms with Crippen LogP contribution in [0.2, 0.25) is 5.02 Å². The van der Waals surface area contributed by atoms with E-state index < -0.39 is 5.82 Å². The molecule has 0 amide bonds. The van der Waals surface area contributed by atoms with Gasteiger partial charge in [0.1, 0.15) is 11.5 Å². The van der Waals surface area contributed by atoms with Gasteiger partial charge < -0.3 is 5.73 Å². The molecule has 0 unspecified atom stereocenters. The minimum Gasteiger partial charge on any atom is -0.386 e. The highest BCUT2D eigenvalue weighted by molar-refractivity contribution is 9.10. The van der Waals surface area contributed by atoms with Gasteiger partial charge in [-0.1, -0.05) is 27.5 Å². The predicted octanol–water partition coefficient (Wildman–Crippen LogP) is 3.47. The highest BCUT2D eigenvalue weighted by atomic mass is 79.9. The number of nitrogens with zero attached hydrogens (tertiary/aromatic N) is 1. The minimum absolute atomic E-state index is 0.0134. The molecule has 0 aliphatic heterocycles. The number of amidine groups is 1. The van der Waals surface area contributed by atoms with Crippen molar-refractivity contribution in [2.45, 2.75) is 0 Å². The summed E-state index contributed by atoms with van der Waals surface area (Å²) in [6.45, 7) is 0. The number of alkyl halides is 1. The topological polar surface area (TPSA) is 38.4 Å². The zero-order valence-electron chi connectivity index (χ0n) is 6.90. The Morgan fingerprint density at radius 3 is 2.79 bits per heavy atom. The zero-order chi connectivity index (χ0) is 10.7. The molecule has 0 fully saturated rings. The smallest absolute Gasteiger partial charge is 0.167 e. The maximum atomic E-state index is 13.3. The van der Waals surface area contributed by atoms with Crippen molar-refractivity contribution in [1.29, 1.82) is 0 Å². The van der Waals surface area contributed by atoms with E-state index in [1.807, 2.05) is 0 Å². The van der Waals surface area contributed by atoms with Crippen LogP contribution in [0.1, 0.15) is 0 Å². The van der Waals surface area contributed by atoms with Gasteiger partial charge in [-0.25, -0.2) is 9.38 Å². The second-order valence-corrected chi connectivity index (χ2v) is 4.05. The van der Waals surface area contributed by atoms with Gasteiger partial charge in [-0.05, 0) is 12.1 Å². The van der Waals surface area contributed by atoms with Gasteiger partial charge >= 0.3 is 0 Å². The molecular weight excluding hydrogens is 294 g/mol. The second kappa shape index (κ2) is 4.96. The fraction of sp³-hybridized carbons (Fsp3) is 0.125. The van der Waals surface area contributed by atoms with Gasteiger partial charge in [-0.3, -0.25) is 0 Å². The normalized spacial score (nSPS) is 11.9. The average molecular weight is 300 g/mol. The number of hydrogen-bond acceptors (Lipinski definition) is 1. The van der Waals surface area contributed by atoms with Gasteiger partial charge in [0.2, 0.25) is 0 Å². The Bertz CT molecular complexity index is 382. The zero-order valence-corrected chi connectivity index (χ0v) is 10.00. The predicted molar refractivity (Wildman–Crippen MR) is 61.1 cm³/mol. The van der Waals surface area contributed by atoms with Crippen LogP contribution in [-0.4, -0.2) is 11.7 Å². The fourth-order valence-electron chi connectivity index (χ4n) is 0.808. The summed E-state index contributed by atoms with van der Waals surface area (Å²) in [7, 11) is 0. The molecule has 0 heterocycles. The van der Waals surface area contributed by atoms with Crippen molar-refractivity contribution in [3.8, 4) is 0 Å². The van der Waals surface area contributed by atoms with E-state index in [2.05, 4.69) is 20.9 Å². The third kappa shape index (κ3) is 2.83. The first-order valence-electron chi connectivity index (χ1n) is 3.58. The Hall–Kier alpha value is -0.320. The van der Waals surface area contributed by atoms with Crippen LogP contribution < -0.4 is 5.73 Å². The van der Waals surface area contributed by atoms with E-state index in [1.165, 1.54) is 12.1 Å². The molecule has 2 N–H and O–H groups in total. The monoisotopic (exact) mass is 298 g/mol. The molecule has 0 aliphatic rings. The van der Waals surface area contributed by atoms with E-state index in [1.54, 1.807) is 0 Å². The Kier molecular flexibility index (Phi) is 4.16. The van der Waals surface area contributed by atoms with Crippen LogP contribution in [0.25, 0.3) is 0 Å². The molecule has 14 heavy (non-hydrogen) atoms. The quantitative estimate of drug-likeness (QED) is 0.386. The lowest BCUT2D eigenvalue weighted by atomic mass is 10.3. The summed E-state index contributed by atoms with van der Waals surface area (Å²) >= 11 is 14.2. The van der Waals surface area contributed by atoms with Crippen LogP contribution in [0, 0.1) is 5.82 Å². The molecule has 0 bridgehead atoms. The molecule has 6 heteroatoms. The third-order valence-electron chi connectivity index (χ3n) is 1.37. The highest BCUT2D eigenvalue weighted by Crippen LogP contribution is 2.29.